The zero-order valence-corrected chi connectivity index (χ0v) is 16.5. The van der Waals surface area contributed by atoms with Crippen LogP contribution in [0, 0.1) is 5.82 Å². The van der Waals surface area contributed by atoms with Gasteiger partial charge < -0.3 is 5.32 Å². The Balaban J connectivity index is 1.54. The van der Waals surface area contributed by atoms with Gasteiger partial charge in [-0.25, -0.2) is 9.37 Å². The van der Waals surface area contributed by atoms with Crippen LogP contribution >= 0.6 is 23.4 Å². The molecule has 0 aliphatic heterocycles. The van der Waals surface area contributed by atoms with Crippen molar-refractivity contribution in [1.29, 1.82) is 0 Å². The standard InChI is InChI=1S/C19H17ClFN5OS/c1-11(18(27)23-16-9-6-12(20)10-22-16)28-19-25-24-17(26(19)13-7-8-13)14-4-2-3-5-15(14)21/h2-6,9-11,13H,7-8H2,1H3,(H,22,23,27). The fraction of sp³-hybridized carbons (Fsp3) is 0.263. The lowest BCUT2D eigenvalue weighted by molar-refractivity contribution is -0.115. The fourth-order valence-corrected chi connectivity index (χ4v) is 3.77. The second kappa shape index (κ2) is 7.89. The largest absolute Gasteiger partial charge is 0.310 e. The zero-order chi connectivity index (χ0) is 19.7. The van der Waals surface area contributed by atoms with Crippen LogP contribution < -0.4 is 5.32 Å². The lowest BCUT2D eigenvalue weighted by atomic mass is 10.2. The maximum Gasteiger partial charge on any atom is 0.238 e. The van der Waals surface area contributed by atoms with Crippen molar-refractivity contribution in [3.8, 4) is 11.4 Å². The molecule has 0 spiro atoms. The Labute approximate surface area is 170 Å². The van der Waals surface area contributed by atoms with E-state index in [2.05, 4.69) is 20.5 Å². The maximum atomic E-state index is 14.2. The molecule has 0 saturated heterocycles. The van der Waals surface area contributed by atoms with Gasteiger partial charge in [-0.2, -0.15) is 0 Å². The van der Waals surface area contributed by atoms with Crippen molar-refractivity contribution in [2.45, 2.75) is 36.2 Å². The van der Waals surface area contributed by atoms with E-state index in [0.717, 1.165) is 12.8 Å². The predicted octanol–water partition coefficient (Wildman–Crippen LogP) is 4.59. The molecule has 0 bridgehead atoms. The number of anilines is 1. The monoisotopic (exact) mass is 417 g/mol. The average molecular weight is 418 g/mol. The van der Waals surface area contributed by atoms with Gasteiger partial charge in [-0.3, -0.25) is 9.36 Å². The van der Waals surface area contributed by atoms with Crippen molar-refractivity contribution in [2.75, 3.05) is 5.32 Å². The molecular formula is C19H17ClFN5OS. The predicted molar refractivity (Wildman–Crippen MR) is 107 cm³/mol. The van der Waals surface area contributed by atoms with Crippen LogP contribution in [0.3, 0.4) is 0 Å². The Kier molecular flexibility index (Phi) is 5.32. The number of rotatable bonds is 6. The first-order valence-electron chi connectivity index (χ1n) is 8.82. The number of halogens is 2. The number of thioether (sulfide) groups is 1. The zero-order valence-electron chi connectivity index (χ0n) is 15.0. The Morgan fingerprint density at radius 2 is 2.07 bits per heavy atom. The molecule has 1 fully saturated rings. The van der Waals surface area contributed by atoms with E-state index in [1.807, 2.05) is 4.57 Å². The van der Waals surface area contributed by atoms with Gasteiger partial charge in [0.15, 0.2) is 11.0 Å². The van der Waals surface area contributed by atoms with Gasteiger partial charge in [-0.05, 0) is 44.0 Å². The van der Waals surface area contributed by atoms with Crippen LogP contribution in [0.25, 0.3) is 11.4 Å². The molecule has 0 radical (unpaired) electrons. The number of hydrogen-bond donors (Lipinski definition) is 1. The molecule has 4 rings (SSSR count). The van der Waals surface area contributed by atoms with Gasteiger partial charge in [0.2, 0.25) is 5.91 Å². The molecule has 1 atom stereocenters. The van der Waals surface area contributed by atoms with Crippen LogP contribution in [0.1, 0.15) is 25.8 Å². The summed E-state index contributed by atoms with van der Waals surface area (Å²) in [5.74, 6) is 0.373. The smallest absolute Gasteiger partial charge is 0.238 e. The van der Waals surface area contributed by atoms with Crippen LogP contribution in [0.5, 0.6) is 0 Å². The minimum Gasteiger partial charge on any atom is -0.310 e. The lowest BCUT2D eigenvalue weighted by Crippen LogP contribution is -2.23. The van der Waals surface area contributed by atoms with Gasteiger partial charge in [-0.1, -0.05) is 35.5 Å². The summed E-state index contributed by atoms with van der Waals surface area (Å²) in [6.07, 6.45) is 3.45. The van der Waals surface area contributed by atoms with E-state index in [1.165, 1.54) is 24.0 Å². The van der Waals surface area contributed by atoms with Crippen molar-refractivity contribution >= 4 is 35.1 Å². The van der Waals surface area contributed by atoms with Crippen molar-refractivity contribution < 1.29 is 9.18 Å². The summed E-state index contributed by atoms with van der Waals surface area (Å²) in [7, 11) is 0. The number of nitrogens with one attached hydrogen (secondary N) is 1. The second-order valence-corrected chi connectivity index (χ2v) is 8.24. The highest BCUT2D eigenvalue weighted by Gasteiger charge is 2.32. The Hall–Kier alpha value is -2.45. The van der Waals surface area contributed by atoms with E-state index >= 15 is 0 Å². The molecule has 144 valence electrons. The van der Waals surface area contributed by atoms with Crippen LogP contribution in [0.4, 0.5) is 10.2 Å². The van der Waals surface area contributed by atoms with Crippen LogP contribution in [0.15, 0.2) is 47.8 Å². The molecule has 1 saturated carbocycles. The number of benzene rings is 1. The molecular weight excluding hydrogens is 401 g/mol. The highest BCUT2D eigenvalue weighted by molar-refractivity contribution is 8.00. The number of pyridine rings is 1. The molecule has 1 N–H and O–H groups in total. The van der Waals surface area contributed by atoms with Crippen molar-refractivity contribution in [3.05, 3.63) is 53.4 Å². The normalized spacial score (nSPS) is 14.7. The van der Waals surface area contributed by atoms with Crippen LogP contribution in [-0.4, -0.2) is 30.9 Å². The molecule has 1 unspecified atom stereocenters. The molecule has 3 aromatic rings. The summed E-state index contributed by atoms with van der Waals surface area (Å²) < 4.78 is 16.2. The molecule has 1 aliphatic carbocycles. The average Bonchev–Trinajstić information content (AvgIpc) is 3.44. The third kappa shape index (κ3) is 4.02. The summed E-state index contributed by atoms with van der Waals surface area (Å²) in [5.41, 5.74) is 0.413. The van der Waals surface area contributed by atoms with Crippen molar-refractivity contribution in [2.24, 2.45) is 0 Å². The van der Waals surface area contributed by atoms with E-state index in [9.17, 15) is 9.18 Å². The summed E-state index contributed by atoms with van der Waals surface area (Å²) >= 11 is 7.10. The van der Waals surface area contributed by atoms with Gasteiger partial charge in [0, 0.05) is 12.2 Å². The first-order valence-corrected chi connectivity index (χ1v) is 10.1. The minimum absolute atomic E-state index is 0.211. The highest BCUT2D eigenvalue weighted by atomic mass is 35.5. The number of aromatic nitrogens is 4. The molecule has 2 heterocycles. The molecule has 6 nitrogen and oxygen atoms in total. The molecule has 2 aromatic heterocycles. The van der Waals surface area contributed by atoms with E-state index in [0.29, 0.717) is 27.4 Å². The number of carbonyl (C=O) groups excluding carboxylic acids is 1. The SMILES string of the molecule is CC(Sc1nnc(-c2ccccc2F)n1C1CC1)C(=O)Nc1ccc(Cl)cn1. The van der Waals surface area contributed by atoms with Gasteiger partial charge >= 0.3 is 0 Å². The quantitative estimate of drug-likeness (QED) is 0.594. The van der Waals surface area contributed by atoms with Gasteiger partial charge in [-0.15, -0.1) is 10.2 Å². The fourth-order valence-electron chi connectivity index (χ4n) is 2.73. The maximum absolute atomic E-state index is 14.2. The Morgan fingerprint density at radius 3 is 2.75 bits per heavy atom. The Morgan fingerprint density at radius 1 is 1.29 bits per heavy atom. The summed E-state index contributed by atoms with van der Waals surface area (Å²) in [6.45, 7) is 1.78. The first-order chi connectivity index (χ1) is 13.5. The van der Waals surface area contributed by atoms with E-state index in [-0.39, 0.29) is 17.8 Å². The summed E-state index contributed by atoms with van der Waals surface area (Å²) in [6, 6.07) is 10.0. The number of amides is 1. The van der Waals surface area contributed by atoms with Crippen molar-refractivity contribution in [3.63, 3.8) is 0 Å². The summed E-state index contributed by atoms with van der Waals surface area (Å²) in [4.78, 5) is 16.6. The molecule has 28 heavy (non-hydrogen) atoms. The topological polar surface area (TPSA) is 72.7 Å². The van der Waals surface area contributed by atoms with Crippen molar-refractivity contribution in [1.82, 2.24) is 19.7 Å². The number of hydrogen-bond acceptors (Lipinski definition) is 5. The third-order valence-electron chi connectivity index (χ3n) is 4.32. The molecule has 1 aromatic carbocycles. The van der Waals surface area contributed by atoms with E-state index in [1.54, 1.807) is 37.3 Å². The van der Waals surface area contributed by atoms with E-state index in [4.69, 9.17) is 11.6 Å². The first kappa shape index (κ1) is 18.9. The number of nitrogens with zero attached hydrogens (tertiary/aromatic N) is 4. The highest BCUT2D eigenvalue weighted by Crippen LogP contribution is 2.42. The molecule has 9 heteroatoms. The lowest BCUT2D eigenvalue weighted by Gasteiger charge is -2.13. The third-order valence-corrected chi connectivity index (χ3v) is 5.60. The molecule has 1 aliphatic rings. The van der Waals surface area contributed by atoms with E-state index < -0.39 is 5.25 Å². The van der Waals surface area contributed by atoms with Gasteiger partial charge in [0.1, 0.15) is 11.6 Å². The Bertz CT molecular complexity index is 1010. The van der Waals surface area contributed by atoms with Crippen LogP contribution in [-0.2, 0) is 4.79 Å². The van der Waals surface area contributed by atoms with Gasteiger partial charge in [0.05, 0.1) is 15.8 Å². The van der Waals surface area contributed by atoms with Crippen LogP contribution in [0.2, 0.25) is 5.02 Å². The van der Waals surface area contributed by atoms with Gasteiger partial charge in [0.25, 0.3) is 0 Å². The number of carbonyl (C=O) groups is 1. The molecule has 1 amide bonds. The minimum atomic E-state index is -0.437. The second-order valence-electron chi connectivity index (χ2n) is 6.50. The summed E-state index contributed by atoms with van der Waals surface area (Å²) in [5, 5.41) is 11.9.